The molecule has 0 fully saturated rings. The molecule has 0 radical (unpaired) electrons. The molecular weight excluding hydrogens is 412 g/mol. The van der Waals surface area contributed by atoms with Crippen LogP contribution < -0.4 is 5.32 Å². The van der Waals surface area contributed by atoms with Gasteiger partial charge in [-0.3, -0.25) is 5.32 Å². The van der Waals surface area contributed by atoms with E-state index in [2.05, 4.69) is 22.6 Å². The number of anilines is 1. The van der Waals surface area contributed by atoms with Crippen LogP contribution >= 0.6 is 11.6 Å². The number of nitrogens with zero attached hydrogens (tertiary/aromatic N) is 1. The molecule has 0 aliphatic rings. The molecule has 0 aliphatic heterocycles. The number of benzene rings is 3. The fraction of sp³-hybridized carbons (Fsp3) is 0.120. The summed E-state index contributed by atoms with van der Waals surface area (Å²) in [7, 11) is 0. The van der Waals surface area contributed by atoms with Crippen LogP contribution in [0.3, 0.4) is 0 Å². The van der Waals surface area contributed by atoms with Gasteiger partial charge in [0, 0.05) is 16.1 Å². The summed E-state index contributed by atoms with van der Waals surface area (Å²) in [6, 6.07) is 25.2. The predicted octanol–water partition coefficient (Wildman–Crippen LogP) is 7.28. The Bertz CT molecular complexity index is 1190. The second kappa shape index (κ2) is 9.06. The number of ether oxygens (including phenoxy) is 1. The molecule has 6 heteroatoms. The Kier molecular flexibility index (Phi) is 6.05. The molecule has 4 rings (SSSR count). The lowest BCUT2D eigenvalue weighted by Crippen LogP contribution is -2.17. The van der Waals surface area contributed by atoms with E-state index in [0.717, 1.165) is 22.3 Å². The molecule has 5 nitrogen and oxygen atoms in total. The number of hydrogen-bond acceptors (Lipinski definition) is 4. The first-order chi connectivity index (χ1) is 15.0. The molecule has 0 saturated carbocycles. The molecule has 0 spiro atoms. The lowest BCUT2D eigenvalue weighted by molar-refractivity contribution is 0.121. The molecule has 156 valence electrons. The van der Waals surface area contributed by atoms with E-state index in [1.807, 2.05) is 60.7 Å². The summed E-state index contributed by atoms with van der Waals surface area (Å²) in [5, 5.41) is 7.32. The zero-order valence-electron chi connectivity index (χ0n) is 17.1. The van der Waals surface area contributed by atoms with Gasteiger partial charge in [0.15, 0.2) is 5.76 Å². The van der Waals surface area contributed by atoms with Crippen molar-refractivity contribution in [3.63, 3.8) is 0 Å². The molecule has 4 aromatic rings. The summed E-state index contributed by atoms with van der Waals surface area (Å²) in [5.41, 5.74) is 4.78. The van der Waals surface area contributed by atoms with Gasteiger partial charge in [-0.05, 0) is 31.0 Å². The summed E-state index contributed by atoms with van der Waals surface area (Å²) >= 11 is 6.20. The van der Waals surface area contributed by atoms with Crippen LogP contribution in [0.5, 0.6) is 0 Å². The average Bonchev–Trinajstić information content (AvgIpc) is 3.14. The van der Waals surface area contributed by atoms with Crippen molar-refractivity contribution in [1.82, 2.24) is 5.16 Å². The van der Waals surface area contributed by atoms with E-state index in [1.54, 1.807) is 19.9 Å². The highest BCUT2D eigenvalue weighted by molar-refractivity contribution is 6.31. The van der Waals surface area contributed by atoms with Gasteiger partial charge in [0.25, 0.3) is 0 Å². The fourth-order valence-electron chi connectivity index (χ4n) is 3.32. The zero-order valence-corrected chi connectivity index (χ0v) is 17.9. The number of hydrogen-bond donors (Lipinski definition) is 1. The average molecular weight is 433 g/mol. The van der Waals surface area contributed by atoms with Gasteiger partial charge in [-0.1, -0.05) is 89.6 Å². The maximum absolute atomic E-state index is 12.5. The molecule has 31 heavy (non-hydrogen) atoms. The van der Waals surface area contributed by atoms with Crippen LogP contribution in [0.4, 0.5) is 10.5 Å². The van der Waals surface area contributed by atoms with E-state index >= 15 is 0 Å². The number of carbonyl (C=O) groups excluding carboxylic acids is 1. The van der Waals surface area contributed by atoms with Crippen molar-refractivity contribution in [2.24, 2.45) is 0 Å². The van der Waals surface area contributed by atoms with Crippen molar-refractivity contribution < 1.29 is 14.1 Å². The fourth-order valence-corrected chi connectivity index (χ4v) is 3.61. The number of nitrogens with one attached hydrogen (secondary N) is 1. The van der Waals surface area contributed by atoms with Crippen LogP contribution in [0.2, 0.25) is 5.02 Å². The van der Waals surface area contributed by atoms with Crippen molar-refractivity contribution in [2.75, 3.05) is 5.32 Å². The van der Waals surface area contributed by atoms with Crippen LogP contribution in [0.25, 0.3) is 22.5 Å². The number of carbonyl (C=O) groups is 1. The molecule has 1 heterocycles. The molecule has 1 N–H and O–H groups in total. The third-order valence-corrected chi connectivity index (χ3v) is 5.32. The summed E-state index contributed by atoms with van der Waals surface area (Å²) in [6.07, 6.45) is -1.12. The van der Waals surface area contributed by atoms with Gasteiger partial charge in [0.05, 0.1) is 0 Å². The van der Waals surface area contributed by atoms with Crippen LogP contribution in [-0.2, 0) is 4.74 Å². The van der Waals surface area contributed by atoms with Crippen molar-refractivity contribution in [2.45, 2.75) is 20.0 Å². The minimum atomic E-state index is -0.610. The normalized spacial score (nSPS) is 11.7. The molecule has 0 unspecified atom stereocenters. The molecule has 3 aromatic carbocycles. The van der Waals surface area contributed by atoms with Crippen molar-refractivity contribution in [3.05, 3.63) is 95.1 Å². The smallest absolute Gasteiger partial charge is 0.412 e. The summed E-state index contributed by atoms with van der Waals surface area (Å²) < 4.78 is 11.0. The van der Waals surface area contributed by atoms with Crippen LogP contribution in [0.15, 0.2) is 83.4 Å². The summed E-state index contributed by atoms with van der Waals surface area (Å²) in [6.45, 7) is 3.53. The van der Waals surface area contributed by atoms with Crippen LogP contribution in [0, 0.1) is 6.92 Å². The highest BCUT2D eigenvalue weighted by Gasteiger charge is 2.20. The quantitative estimate of drug-likeness (QED) is 0.360. The molecular formula is C25H21ClN2O3. The molecule has 1 aromatic heterocycles. The maximum Gasteiger partial charge on any atom is 0.412 e. The third-order valence-electron chi connectivity index (χ3n) is 4.97. The molecule has 0 aliphatic carbocycles. The van der Waals surface area contributed by atoms with Crippen LogP contribution in [-0.4, -0.2) is 11.2 Å². The molecule has 0 bridgehead atoms. The standard InChI is InChI=1S/C25H21ClN2O3/c1-16-23(27-25(29)30-17(2)21-10-6-7-11-22(21)26)24(31-28-16)20-14-12-19(13-15-20)18-8-4-3-5-9-18/h3-15,17H,1-2H3,(H,27,29)/t17-/m0/s1. The van der Waals surface area contributed by atoms with Gasteiger partial charge in [0.1, 0.15) is 17.5 Å². The van der Waals surface area contributed by atoms with E-state index in [4.69, 9.17) is 20.9 Å². The Hall–Kier alpha value is -3.57. The summed E-state index contributed by atoms with van der Waals surface area (Å²) in [5.74, 6) is 0.472. The van der Waals surface area contributed by atoms with Crippen LogP contribution in [0.1, 0.15) is 24.3 Å². The minimum absolute atomic E-state index is 0.472. The van der Waals surface area contributed by atoms with E-state index < -0.39 is 12.2 Å². The van der Waals surface area contributed by atoms with Gasteiger partial charge < -0.3 is 9.26 Å². The summed E-state index contributed by atoms with van der Waals surface area (Å²) in [4.78, 5) is 12.5. The predicted molar refractivity (Wildman–Crippen MR) is 122 cm³/mol. The van der Waals surface area contributed by atoms with Crippen molar-refractivity contribution >= 4 is 23.4 Å². The van der Waals surface area contributed by atoms with Gasteiger partial charge >= 0.3 is 6.09 Å². The second-order valence-electron chi connectivity index (χ2n) is 7.11. The number of aryl methyl sites for hydroxylation is 1. The lowest BCUT2D eigenvalue weighted by atomic mass is 10.0. The van der Waals surface area contributed by atoms with Gasteiger partial charge in [-0.25, -0.2) is 4.79 Å². The van der Waals surface area contributed by atoms with E-state index in [0.29, 0.717) is 22.2 Å². The first-order valence-corrected chi connectivity index (χ1v) is 10.2. The number of rotatable bonds is 5. The Morgan fingerprint density at radius 3 is 2.26 bits per heavy atom. The monoisotopic (exact) mass is 432 g/mol. The van der Waals surface area contributed by atoms with Crippen molar-refractivity contribution in [3.8, 4) is 22.5 Å². The van der Waals surface area contributed by atoms with Gasteiger partial charge in [-0.15, -0.1) is 0 Å². The highest BCUT2D eigenvalue weighted by atomic mass is 35.5. The molecule has 1 atom stereocenters. The van der Waals surface area contributed by atoms with E-state index in [9.17, 15) is 4.79 Å². The zero-order chi connectivity index (χ0) is 21.8. The first kappa shape index (κ1) is 20.7. The Balaban J connectivity index is 1.51. The Morgan fingerprint density at radius 1 is 0.935 bits per heavy atom. The minimum Gasteiger partial charge on any atom is -0.441 e. The largest absolute Gasteiger partial charge is 0.441 e. The highest BCUT2D eigenvalue weighted by Crippen LogP contribution is 2.33. The molecule has 0 saturated heterocycles. The topological polar surface area (TPSA) is 64.4 Å². The lowest BCUT2D eigenvalue weighted by Gasteiger charge is -2.15. The van der Waals surface area contributed by atoms with E-state index in [1.165, 1.54) is 0 Å². The van der Waals surface area contributed by atoms with Gasteiger partial charge in [-0.2, -0.15) is 0 Å². The number of amides is 1. The SMILES string of the molecule is Cc1noc(-c2ccc(-c3ccccc3)cc2)c1NC(=O)O[C@@H](C)c1ccccc1Cl. The Labute approximate surface area is 185 Å². The number of aromatic nitrogens is 1. The third kappa shape index (κ3) is 4.62. The number of halogens is 1. The molecule has 1 amide bonds. The maximum atomic E-state index is 12.5. The van der Waals surface area contributed by atoms with Crippen molar-refractivity contribution in [1.29, 1.82) is 0 Å². The second-order valence-corrected chi connectivity index (χ2v) is 7.52. The van der Waals surface area contributed by atoms with E-state index in [-0.39, 0.29) is 0 Å². The Morgan fingerprint density at radius 2 is 1.55 bits per heavy atom. The van der Waals surface area contributed by atoms with Gasteiger partial charge in [0.2, 0.25) is 0 Å². The first-order valence-electron chi connectivity index (χ1n) is 9.87.